The zero-order valence-corrected chi connectivity index (χ0v) is 16.8. The molecule has 0 radical (unpaired) electrons. The first-order valence-corrected chi connectivity index (χ1v) is 10.4. The Bertz CT molecular complexity index is 1040. The van der Waals surface area contributed by atoms with Gasteiger partial charge in [-0.1, -0.05) is 18.2 Å². The molecule has 0 saturated carbocycles. The third-order valence-corrected chi connectivity index (χ3v) is 5.64. The lowest BCUT2D eigenvalue weighted by molar-refractivity contribution is -0.153. The number of ether oxygens (including phenoxy) is 1. The number of β-lactam (4-membered cyclic amide) rings is 1. The van der Waals surface area contributed by atoms with Crippen LogP contribution < -0.4 is 10.1 Å². The van der Waals surface area contributed by atoms with Crippen molar-refractivity contribution in [2.24, 2.45) is 0 Å². The Morgan fingerprint density at radius 3 is 2.45 bits per heavy atom. The van der Waals surface area contributed by atoms with Crippen LogP contribution in [-0.4, -0.2) is 55.1 Å². The minimum atomic E-state index is -6.00. The number of halogens is 3. The van der Waals surface area contributed by atoms with Gasteiger partial charge in [0, 0.05) is 13.3 Å². The van der Waals surface area contributed by atoms with Crippen LogP contribution in [0.3, 0.4) is 0 Å². The smallest absolute Gasteiger partial charge is 0.484 e. The zero-order valence-electron chi connectivity index (χ0n) is 16.0. The number of amides is 2. The molecule has 1 aromatic carbocycles. The Hall–Kier alpha value is -3.09. The minimum Gasteiger partial charge on any atom is -0.484 e. The molecule has 2 aliphatic heterocycles. The SMILES string of the molecule is CC(=O)C1=C(OS(=O)(=O)C(F)(F)F)CCC2[C@H](NC(=O)COc3ccccc3)C(=O)N12. The molecule has 3 rings (SSSR count). The Balaban J connectivity index is 1.70. The number of hydrogen-bond acceptors (Lipinski definition) is 7. The molecule has 2 heterocycles. The van der Waals surface area contributed by atoms with Crippen molar-refractivity contribution in [3.8, 4) is 5.75 Å². The third kappa shape index (κ3) is 4.50. The van der Waals surface area contributed by atoms with E-state index in [1.165, 1.54) is 0 Å². The predicted molar refractivity (Wildman–Crippen MR) is 97.5 cm³/mol. The van der Waals surface area contributed by atoms with Gasteiger partial charge in [-0.2, -0.15) is 21.6 Å². The highest BCUT2D eigenvalue weighted by molar-refractivity contribution is 7.87. The van der Waals surface area contributed by atoms with E-state index in [9.17, 15) is 36.0 Å². The van der Waals surface area contributed by atoms with E-state index in [4.69, 9.17) is 4.74 Å². The number of alkyl halides is 3. The maximum Gasteiger partial charge on any atom is 0.534 e. The van der Waals surface area contributed by atoms with Gasteiger partial charge >= 0.3 is 15.6 Å². The quantitative estimate of drug-likeness (QED) is 0.368. The van der Waals surface area contributed by atoms with Crippen molar-refractivity contribution in [1.82, 2.24) is 10.2 Å². The molecule has 0 aromatic heterocycles. The van der Waals surface area contributed by atoms with E-state index in [0.29, 0.717) is 5.75 Å². The van der Waals surface area contributed by atoms with Crippen LogP contribution in [0.5, 0.6) is 5.75 Å². The van der Waals surface area contributed by atoms with Crippen molar-refractivity contribution in [2.45, 2.75) is 37.4 Å². The summed E-state index contributed by atoms with van der Waals surface area (Å²) in [5.41, 5.74) is -6.26. The van der Waals surface area contributed by atoms with E-state index in [-0.39, 0.29) is 19.4 Å². The summed E-state index contributed by atoms with van der Waals surface area (Å²) in [4.78, 5) is 37.4. The number of carbonyl (C=O) groups is 3. The van der Waals surface area contributed by atoms with Gasteiger partial charge in [0.25, 0.3) is 11.8 Å². The molecule has 1 saturated heterocycles. The lowest BCUT2D eigenvalue weighted by atomic mass is 9.85. The summed E-state index contributed by atoms with van der Waals surface area (Å²) >= 11 is 0. The fraction of sp³-hybridized carbons (Fsp3) is 0.389. The number of rotatable bonds is 7. The highest BCUT2D eigenvalue weighted by atomic mass is 32.2. The Morgan fingerprint density at radius 2 is 1.87 bits per heavy atom. The summed E-state index contributed by atoms with van der Waals surface area (Å²) in [5.74, 6) is -2.55. The van der Waals surface area contributed by atoms with Crippen molar-refractivity contribution >= 4 is 27.7 Å². The Labute approximate surface area is 174 Å². The normalized spacial score (nSPS) is 21.2. The number of nitrogens with one attached hydrogen (secondary N) is 1. The lowest BCUT2D eigenvalue weighted by Gasteiger charge is -2.50. The number of ketones is 1. The number of para-hydroxylation sites is 1. The summed E-state index contributed by atoms with van der Waals surface area (Å²) in [6.45, 7) is 0.586. The van der Waals surface area contributed by atoms with Crippen molar-refractivity contribution in [2.75, 3.05) is 6.61 Å². The van der Waals surface area contributed by atoms with E-state index in [1.807, 2.05) is 0 Å². The molecule has 31 heavy (non-hydrogen) atoms. The number of carbonyl (C=O) groups excluding carboxylic acids is 3. The summed E-state index contributed by atoms with van der Waals surface area (Å²) < 4.78 is 69.9. The summed E-state index contributed by atoms with van der Waals surface area (Å²) in [6.07, 6.45) is -0.360. The molecule has 0 aliphatic carbocycles. The molecule has 0 spiro atoms. The van der Waals surface area contributed by atoms with Crippen LogP contribution in [0, 0.1) is 0 Å². The maximum absolute atomic E-state index is 12.6. The monoisotopic (exact) mass is 462 g/mol. The van der Waals surface area contributed by atoms with Crippen LogP contribution in [0.4, 0.5) is 13.2 Å². The van der Waals surface area contributed by atoms with Crippen molar-refractivity contribution in [3.63, 3.8) is 0 Å². The van der Waals surface area contributed by atoms with Crippen LogP contribution in [0.1, 0.15) is 19.8 Å². The number of allylic oxidation sites excluding steroid dienone is 2. The first-order valence-electron chi connectivity index (χ1n) is 8.97. The number of Topliss-reactive ketones (excluding diaryl/α,β-unsaturated/α-hetero) is 1. The molecular weight excluding hydrogens is 445 g/mol. The third-order valence-electron chi connectivity index (χ3n) is 4.65. The van der Waals surface area contributed by atoms with Gasteiger partial charge in [-0.15, -0.1) is 0 Å². The highest BCUT2D eigenvalue weighted by Crippen LogP contribution is 2.39. The average Bonchev–Trinajstić information content (AvgIpc) is 2.69. The summed E-state index contributed by atoms with van der Waals surface area (Å²) in [7, 11) is -6.00. The van der Waals surface area contributed by atoms with Gasteiger partial charge in [0.2, 0.25) is 0 Å². The van der Waals surface area contributed by atoms with E-state index in [1.54, 1.807) is 30.3 Å². The molecule has 13 heteroatoms. The van der Waals surface area contributed by atoms with Crippen LogP contribution in [-0.2, 0) is 28.7 Å². The molecule has 1 N–H and O–H groups in total. The van der Waals surface area contributed by atoms with E-state index in [0.717, 1.165) is 11.8 Å². The van der Waals surface area contributed by atoms with Crippen LogP contribution >= 0.6 is 0 Å². The fourth-order valence-electron chi connectivity index (χ4n) is 3.31. The van der Waals surface area contributed by atoms with Crippen molar-refractivity contribution in [3.05, 3.63) is 41.8 Å². The number of benzene rings is 1. The second kappa shape index (κ2) is 8.21. The fourth-order valence-corrected chi connectivity index (χ4v) is 3.84. The van der Waals surface area contributed by atoms with Crippen molar-refractivity contribution < 1.29 is 44.9 Å². The number of hydrogen-bond donors (Lipinski definition) is 1. The summed E-state index contributed by atoms with van der Waals surface area (Å²) in [5, 5.41) is 2.45. The van der Waals surface area contributed by atoms with Gasteiger partial charge in [0.1, 0.15) is 23.2 Å². The standard InChI is InChI=1S/C18H17F3N2O7S/c1-10(24)16-13(30-31(27,28)18(19,20)21)8-7-12-15(17(26)23(12)16)22-14(25)9-29-11-5-3-2-4-6-11/h2-6,12,15H,7-9H2,1H3,(H,22,25)/t12?,15-/m0/s1. The van der Waals surface area contributed by atoms with E-state index < -0.39 is 56.8 Å². The first kappa shape index (κ1) is 22.6. The highest BCUT2D eigenvalue weighted by Gasteiger charge is 2.55. The number of nitrogens with zero attached hydrogens (tertiary/aromatic N) is 1. The number of fused-ring (bicyclic) bond motifs is 1. The molecule has 1 unspecified atom stereocenters. The van der Waals surface area contributed by atoms with Gasteiger partial charge in [-0.3, -0.25) is 19.3 Å². The topological polar surface area (TPSA) is 119 Å². The van der Waals surface area contributed by atoms with Gasteiger partial charge in [-0.05, 0) is 18.6 Å². The Morgan fingerprint density at radius 1 is 1.23 bits per heavy atom. The Kier molecular flexibility index (Phi) is 5.98. The molecule has 2 aliphatic rings. The van der Waals surface area contributed by atoms with E-state index in [2.05, 4.69) is 9.50 Å². The minimum absolute atomic E-state index is 0.0181. The second-order valence-corrected chi connectivity index (χ2v) is 8.31. The van der Waals surface area contributed by atoms with Crippen LogP contribution in [0.15, 0.2) is 41.8 Å². The van der Waals surface area contributed by atoms with Crippen LogP contribution in [0.25, 0.3) is 0 Å². The van der Waals surface area contributed by atoms with Crippen molar-refractivity contribution in [1.29, 1.82) is 0 Å². The van der Waals surface area contributed by atoms with E-state index >= 15 is 0 Å². The zero-order chi connectivity index (χ0) is 23.0. The maximum atomic E-state index is 12.6. The molecular formula is C18H17F3N2O7S. The van der Waals surface area contributed by atoms with Gasteiger partial charge in [0.05, 0.1) is 6.04 Å². The second-order valence-electron chi connectivity index (χ2n) is 6.77. The molecule has 1 fully saturated rings. The van der Waals surface area contributed by atoms with Gasteiger partial charge < -0.3 is 14.2 Å². The molecule has 9 nitrogen and oxygen atoms in total. The average molecular weight is 462 g/mol. The largest absolute Gasteiger partial charge is 0.534 e. The van der Waals surface area contributed by atoms with Gasteiger partial charge in [-0.25, -0.2) is 0 Å². The first-order chi connectivity index (χ1) is 14.4. The summed E-state index contributed by atoms with van der Waals surface area (Å²) in [6, 6.07) is 6.68. The van der Waals surface area contributed by atoms with Gasteiger partial charge in [0.15, 0.2) is 12.4 Å². The molecule has 1 aromatic rings. The lowest BCUT2D eigenvalue weighted by Crippen LogP contribution is -2.71. The molecule has 168 valence electrons. The van der Waals surface area contributed by atoms with Crippen LogP contribution in [0.2, 0.25) is 0 Å². The predicted octanol–water partition coefficient (Wildman–Crippen LogP) is 1.22. The molecule has 2 atom stereocenters. The molecule has 0 bridgehead atoms. The molecule has 2 amide bonds.